The van der Waals surface area contributed by atoms with Gasteiger partial charge in [-0.05, 0) is 37.5 Å². The number of piperazine rings is 1. The quantitative estimate of drug-likeness (QED) is 0.870. The summed E-state index contributed by atoms with van der Waals surface area (Å²) in [4.78, 5) is 16.9. The van der Waals surface area contributed by atoms with Crippen LogP contribution in [-0.2, 0) is 0 Å². The van der Waals surface area contributed by atoms with Crippen LogP contribution in [0, 0.1) is 20.8 Å². The minimum Gasteiger partial charge on any atom is -0.322 e. The van der Waals surface area contributed by atoms with Crippen molar-refractivity contribution >= 4 is 17.8 Å². The van der Waals surface area contributed by atoms with Crippen molar-refractivity contribution in [3.8, 4) is 0 Å². The van der Waals surface area contributed by atoms with E-state index in [-0.39, 0.29) is 6.03 Å². The molecule has 1 heterocycles. The number of aryl methyl sites for hydroxylation is 3. The summed E-state index contributed by atoms with van der Waals surface area (Å²) in [7, 11) is 0. The van der Waals surface area contributed by atoms with Crippen molar-refractivity contribution in [2.75, 3.05) is 38.0 Å². The first kappa shape index (κ1) is 19.2. The average molecular weight is 364 g/mol. The second kappa shape index (κ2) is 8.87. The number of rotatable bonds is 4. The van der Waals surface area contributed by atoms with Gasteiger partial charge >= 0.3 is 6.03 Å². The molecule has 0 saturated carbocycles. The molecule has 3 rings (SSSR count). The van der Waals surface area contributed by atoms with E-state index in [2.05, 4.69) is 65.7 Å². The molecule has 0 atom stereocenters. The number of nitrogens with zero attached hydrogens (tertiary/aromatic N) is 2. The molecule has 2 aromatic carbocycles. The lowest BCUT2D eigenvalue weighted by atomic mass is 10.1. The number of benzene rings is 2. The molecule has 0 radical (unpaired) electrons. The molecule has 1 fully saturated rings. The molecular formula is C23H29N3O. The SMILES string of the molecule is Cc1cc(C)c(NC(=O)N2CCN(C/C=C/c3ccccc3)CC2)c(C)c1. The molecule has 0 bridgehead atoms. The molecule has 142 valence electrons. The summed E-state index contributed by atoms with van der Waals surface area (Å²) in [5.74, 6) is 0. The van der Waals surface area contributed by atoms with Gasteiger partial charge in [-0.15, -0.1) is 0 Å². The van der Waals surface area contributed by atoms with Crippen LogP contribution in [0.2, 0.25) is 0 Å². The van der Waals surface area contributed by atoms with Crippen LogP contribution in [0.3, 0.4) is 0 Å². The fourth-order valence-corrected chi connectivity index (χ4v) is 3.60. The molecular weight excluding hydrogens is 334 g/mol. The zero-order valence-corrected chi connectivity index (χ0v) is 16.5. The third-order valence-corrected chi connectivity index (χ3v) is 5.04. The summed E-state index contributed by atoms with van der Waals surface area (Å²) in [5, 5.41) is 3.11. The Bertz CT molecular complexity index is 783. The molecule has 1 saturated heterocycles. The second-order valence-corrected chi connectivity index (χ2v) is 7.30. The minimum atomic E-state index is 0.00420. The molecule has 2 aromatic rings. The van der Waals surface area contributed by atoms with Gasteiger partial charge in [0, 0.05) is 38.4 Å². The fraction of sp³-hybridized carbons (Fsp3) is 0.348. The lowest BCUT2D eigenvalue weighted by molar-refractivity contribution is 0.156. The highest BCUT2D eigenvalue weighted by Gasteiger charge is 2.21. The van der Waals surface area contributed by atoms with Crippen molar-refractivity contribution in [2.24, 2.45) is 0 Å². The molecule has 4 heteroatoms. The zero-order chi connectivity index (χ0) is 19.2. The predicted molar refractivity (Wildman–Crippen MR) is 113 cm³/mol. The van der Waals surface area contributed by atoms with Crippen LogP contribution in [0.5, 0.6) is 0 Å². The van der Waals surface area contributed by atoms with Crippen molar-refractivity contribution in [1.82, 2.24) is 9.80 Å². The van der Waals surface area contributed by atoms with Gasteiger partial charge in [-0.2, -0.15) is 0 Å². The zero-order valence-electron chi connectivity index (χ0n) is 16.5. The van der Waals surface area contributed by atoms with Gasteiger partial charge in [0.15, 0.2) is 0 Å². The van der Waals surface area contributed by atoms with Crippen LogP contribution < -0.4 is 5.32 Å². The summed E-state index contributed by atoms with van der Waals surface area (Å²) in [6, 6.07) is 14.6. The van der Waals surface area contributed by atoms with E-state index in [1.807, 2.05) is 24.8 Å². The number of carbonyl (C=O) groups excluding carboxylic acids is 1. The van der Waals surface area contributed by atoms with Crippen molar-refractivity contribution in [3.63, 3.8) is 0 Å². The first-order chi connectivity index (χ1) is 13.0. The van der Waals surface area contributed by atoms with Crippen LogP contribution in [0.4, 0.5) is 10.5 Å². The Morgan fingerprint density at radius 3 is 2.26 bits per heavy atom. The molecule has 1 aliphatic heterocycles. The largest absolute Gasteiger partial charge is 0.322 e. The van der Waals surface area contributed by atoms with Crippen LogP contribution in [0.25, 0.3) is 6.08 Å². The number of hydrogen-bond donors (Lipinski definition) is 1. The molecule has 4 nitrogen and oxygen atoms in total. The smallest absolute Gasteiger partial charge is 0.321 e. The molecule has 2 amide bonds. The van der Waals surface area contributed by atoms with Gasteiger partial charge in [0.1, 0.15) is 0 Å². The van der Waals surface area contributed by atoms with Crippen LogP contribution in [-0.4, -0.2) is 48.6 Å². The molecule has 0 aromatic heterocycles. The highest BCUT2D eigenvalue weighted by atomic mass is 16.2. The van der Waals surface area contributed by atoms with E-state index in [1.54, 1.807) is 0 Å². The molecule has 1 aliphatic rings. The van der Waals surface area contributed by atoms with Crippen molar-refractivity contribution in [3.05, 3.63) is 70.8 Å². The number of anilines is 1. The summed E-state index contributed by atoms with van der Waals surface area (Å²) < 4.78 is 0. The molecule has 1 N–H and O–H groups in total. The van der Waals surface area contributed by atoms with E-state index < -0.39 is 0 Å². The number of carbonyl (C=O) groups is 1. The van der Waals surface area contributed by atoms with Crippen molar-refractivity contribution < 1.29 is 4.79 Å². The van der Waals surface area contributed by atoms with Gasteiger partial charge in [0.2, 0.25) is 0 Å². The first-order valence-electron chi connectivity index (χ1n) is 9.60. The summed E-state index contributed by atoms with van der Waals surface area (Å²) in [6.07, 6.45) is 4.35. The Balaban J connectivity index is 1.49. The van der Waals surface area contributed by atoms with E-state index in [0.29, 0.717) is 0 Å². The summed E-state index contributed by atoms with van der Waals surface area (Å²) in [5.41, 5.74) is 5.62. The minimum absolute atomic E-state index is 0.00420. The van der Waals surface area contributed by atoms with Gasteiger partial charge in [0.05, 0.1) is 0 Å². The first-order valence-corrected chi connectivity index (χ1v) is 9.60. The normalized spacial score (nSPS) is 15.3. The van der Waals surface area contributed by atoms with Gasteiger partial charge < -0.3 is 10.2 Å². The fourth-order valence-electron chi connectivity index (χ4n) is 3.60. The van der Waals surface area contributed by atoms with E-state index in [4.69, 9.17) is 0 Å². The number of urea groups is 1. The van der Waals surface area contributed by atoms with Gasteiger partial charge in [-0.1, -0.05) is 60.2 Å². The van der Waals surface area contributed by atoms with Crippen LogP contribution in [0.1, 0.15) is 22.3 Å². The van der Waals surface area contributed by atoms with E-state index in [1.165, 1.54) is 11.1 Å². The Kier molecular flexibility index (Phi) is 6.30. The molecule has 27 heavy (non-hydrogen) atoms. The van der Waals surface area contributed by atoms with Crippen LogP contribution >= 0.6 is 0 Å². The summed E-state index contributed by atoms with van der Waals surface area (Å²) in [6.45, 7) is 10.4. The number of nitrogens with one attached hydrogen (secondary N) is 1. The lowest BCUT2D eigenvalue weighted by Crippen LogP contribution is -2.50. The van der Waals surface area contributed by atoms with Gasteiger partial charge in [0.25, 0.3) is 0 Å². The third kappa shape index (κ3) is 5.20. The van der Waals surface area contributed by atoms with Gasteiger partial charge in [-0.3, -0.25) is 4.90 Å². The average Bonchev–Trinajstić information content (AvgIpc) is 2.66. The second-order valence-electron chi connectivity index (χ2n) is 7.30. The Morgan fingerprint density at radius 1 is 1.00 bits per heavy atom. The van der Waals surface area contributed by atoms with Crippen LogP contribution in [0.15, 0.2) is 48.5 Å². The molecule has 0 aliphatic carbocycles. The van der Waals surface area contributed by atoms with Gasteiger partial charge in [-0.25, -0.2) is 4.79 Å². The standard InChI is InChI=1S/C23H29N3O/c1-18-16-19(2)22(20(3)17-18)24-23(27)26-14-12-25(13-15-26)11-7-10-21-8-5-4-6-9-21/h4-10,16-17H,11-15H2,1-3H3,(H,24,27)/b10-7+. The lowest BCUT2D eigenvalue weighted by Gasteiger charge is -2.34. The highest BCUT2D eigenvalue weighted by Crippen LogP contribution is 2.22. The monoisotopic (exact) mass is 363 g/mol. The van der Waals surface area contributed by atoms with Crippen molar-refractivity contribution in [1.29, 1.82) is 0 Å². The maximum Gasteiger partial charge on any atom is 0.321 e. The molecule has 0 unspecified atom stereocenters. The Hall–Kier alpha value is -2.59. The predicted octanol–water partition coefficient (Wildman–Crippen LogP) is 4.47. The van der Waals surface area contributed by atoms with E-state index in [9.17, 15) is 4.79 Å². The number of amides is 2. The van der Waals surface area contributed by atoms with Crippen molar-refractivity contribution in [2.45, 2.75) is 20.8 Å². The van der Waals surface area contributed by atoms with E-state index >= 15 is 0 Å². The maximum absolute atomic E-state index is 12.6. The molecule has 0 spiro atoms. The van der Waals surface area contributed by atoms with E-state index in [0.717, 1.165) is 49.5 Å². The summed E-state index contributed by atoms with van der Waals surface area (Å²) >= 11 is 0. The third-order valence-electron chi connectivity index (χ3n) is 5.04. The Labute approximate surface area is 162 Å². The number of hydrogen-bond acceptors (Lipinski definition) is 2. The Morgan fingerprint density at radius 2 is 1.63 bits per heavy atom. The topological polar surface area (TPSA) is 35.6 Å². The highest BCUT2D eigenvalue weighted by molar-refractivity contribution is 5.91. The maximum atomic E-state index is 12.6.